The lowest BCUT2D eigenvalue weighted by Gasteiger charge is -2.28. The highest BCUT2D eigenvalue weighted by molar-refractivity contribution is 6.05. The number of ether oxygens (including phenoxy) is 1. The molecule has 0 aliphatic carbocycles. The summed E-state index contributed by atoms with van der Waals surface area (Å²) in [6.07, 6.45) is -1.43. The Morgan fingerprint density at radius 2 is 1.80 bits per heavy atom. The molecule has 2 atom stereocenters. The topological polar surface area (TPSA) is 51.5 Å². The van der Waals surface area contributed by atoms with E-state index in [1.54, 1.807) is 6.07 Å². The summed E-state index contributed by atoms with van der Waals surface area (Å²) in [6.45, 7) is 7.15. The van der Waals surface area contributed by atoms with E-state index in [0.717, 1.165) is 36.8 Å². The summed E-state index contributed by atoms with van der Waals surface area (Å²) >= 11 is 0. The molecule has 0 bridgehead atoms. The molecule has 1 aliphatic rings. The van der Waals surface area contributed by atoms with E-state index in [1.807, 2.05) is 32.9 Å². The van der Waals surface area contributed by atoms with E-state index in [2.05, 4.69) is 11.4 Å². The summed E-state index contributed by atoms with van der Waals surface area (Å²) in [5, 5.41) is 4.35. The van der Waals surface area contributed by atoms with Gasteiger partial charge >= 0.3 is 6.18 Å². The Balaban J connectivity index is 1.68. The largest absolute Gasteiger partial charge is 0.456 e. The fourth-order valence-electron chi connectivity index (χ4n) is 5.04. The van der Waals surface area contributed by atoms with Gasteiger partial charge in [-0.2, -0.15) is 13.2 Å². The van der Waals surface area contributed by atoms with E-state index in [1.165, 1.54) is 17.7 Å². The molecule has 1 aromatic heterocycles. The molecule has 2 aromatic carbocycles. The Labute approximate surface area is 204 Å². The lowest BCUT2D eigenvalue weighted by Crippen LogP contribution is -2.45. The standard InChI is InChI=1S/C28H34F3NO3/c1-4-5-24(33)23(14-17(2)3)32-27(28(29,30)31)20-6-8-21-22-15-19(18-10-12-34-13-11-18)7-9-25(22)35-26(21)16-20/h6-9,15-18,23,27,32H,4-5,10-14H2,1-3H3. The Morgan fingerprint density at radius 3 is 2.46 bits per heavy atom. The Morgan fingerprint density at radius 1 is 1.06 bits per heavy atom. The number of halogens is 3. The molecule has 2 heterocycles. The fourth-order valence-corrected chi connectivity index (χ4v) is 5.04. The Bertz CT molecular complexity index is 1160. The molecule has 1 N–H and O–H groups in total. The van der Waals surface area contributed by atoms with E-state index in [4.69, 9.17) is 9.15 Å². The van der Waals surface area contributed by atoms with Gasteiger partial charge in [-0.15, -0.1) is 0 Å². The van der Waals surface area contributed by atoms with Crippen molar-refractivity contribution < 1.29 is 27.1 Å². The van der Waals surface area contributed by atoms with Gasteiger partial charge in [0.05, 0.1) is 6.04 Å². The number of nitrogens with one attached hydrogen (secondary N) is 1. The average Bonchev–Trinajstić information content (AvgIpc) is 3.18. The molecule has 190 valence electrons. The van der Waals surface area contributed by atoms with Crippen LogP contribution in [0.4, 0.5) is 13.2 Å². The van der Waals surface area contributed by atoms with Gasteiger partial charge in [-0.05, 0) is 66.8 Å². The van der Waals surface area contributed by atoms with Crippen LogP contribution in [-0.4, -0.2) is 31.2 Å². The second-order valence-corrected chi connectivity index (χ2v) is 10.0. The molecule has 4 nitrogen and oxygen atoms in total. The van der Waals surface area contributed by atoms with Gasteiger partial charge in [-0.25, -0.2) is 0 Å². The molecule has 0 amide bonds. The predicted molar refractivity (Wildman–Crippen MR) is 132 cm³/mol. The van der Waals surface area contributed by atoms with E-state index >= 15 is 0 Å². The summed E-state index contributed by atoms with van der Waals surface area (Å²) in [4.78, 5) is 12.6. The van der Waals surface area contributed by atoms with Crippen LogP contribution >= 0.6 is 0 Å². The Kier molecular flexibility index (Phi) is 7.86. The number of hydrogen-bond acceptors (Lipinski definition) is 4. The lowest BCUT2D eigenvalue weighted by atomic mass is 9.90. The molecule has 35 heavy (non-hydrogen) atoms. The zero-order chi connectivity index (χ0) is 25.2. The quantitative estimate of drug-likeness (QED) is 0.339. The van der Waals surface area contributed by atoms with E-state index < -0.39 is 18.3 Å². The van der Waals surface area contributed by atoms with Crippen molar-refractivity contribution in [3.05, 3.63) is 47.5 Å². The minimum Gasteiger partial charge on any atom is -0.456 e. The third-order valence-corrected chi connectivity index (χ3v) is 6.83. The molecule has 1 aliphatic heterocycles. The second kappa shape index (κ2) is 10.7. The van der Waals surface area contributed by atoms with Gasteiger partial charge < -0.3 is 9.15 Å². The molecule has 2 unspecified atom stereocenters. The summed E-state index contributed by atoms with van der Waals surface area (Å²) in [7, 11) is 0. The highest BCUT2D eigenvalue weighted by Gasteiger charge is 2.43. The maximum atomic E-state index is 14.2. The van der Waals surface area contributed by atoms with Gasteiger partial charge in [0.2, 0.25) is 0 Å². The van der Waals surface area contributed by atoms with Crippen molar-refractivity contribution in [3.8, 4) is 0 Å². The molecule has 0 saturated carbocycles. The van der Waals surface area contributed by atoms with E-state index in [-0.39, 0.29) is 23.7 Å². The maximum absolute atomic E-state index is 14.2. The third-order valence-electron chi connectivity index (χ3n) is 6.83. The molecule has 1 saturated heterocycles. The van der Waals surface area contributed by atoms with Crippen LogP contribution in [0.1, 0.15) is 76.0 Å². The summed E-state index contributed by atoms with van der Waals surface area (Å²) in [6, 6.07) is 7.90. The van der Waals surface area contributed by atoms with Crippen molar-refractivity contribution in [1.82, 2.24) is 5.32 Å². The normalized spacial score (nSPS) is 17.3. The van der Waals surface area contributed by atoms with Crippen molar-refractivity contribution in [2.45, 2.75) is 77.1 Å². The van der Waals surface area contributed by atoms with Crippen LogP contribution in [0, 0.1) is 5.92 Å². The maximum Gasteiger partial charge on any atom is 0.407 e. The number of furan rings is 1. The highest BCUT2D eigenvalue weighted by atomic mass is 19.4. The van der Waals surface area contributed by atoms with E-state index in [9.17, 15) is 18.0 Å². The van der Waals surface area contributed by atoms with E-state index in [0.29, 0.717) is 29.9 Å². The lowest BCUT2D eigenvalue weighted by molar-refractivity contribution is -0.161. The van der Waals surface area contributed by atoms with Crippen LogP contribution in [0.25, 0.3) is 21.9 Å². The number of rotatable bonds is 9. The third kappa shape index (κ3) is 5.89. The number of benzene rings is 2. The first-order valence-corrected chi connectivity index (χ1v) is 12.6. The van der Waals surface area contributed by atoms with Crippen molar-refractivity contribution >= 4 is 27.7 Å². The minimum atomic E-state index is -4.56. The molecule has 4 rings (SSSR count). The molecular formula is C28H34F3NO3. The van der Waals surface area contributed by atoms with Crippen LogP contribution in [-0.2, 0) is 9.53 Å². The highest BCUT2D eigenvalue weighted by Crippen LogP contribution is 2.38. The molecular weight excluding hydrogens is 455 g/mol. The molecule has 0 radical (unpaired) electrons. The summed E-state index contributed by atoms with van der Waals surface area (Å²) < 4.78 is 54.0. The van der Waals surface area contributed by atoms with Crippen LogP contribution in [0.15, 0.2) is 40.8 Å². The van der Waals surface area contributed by atoms with Gasteiger partial charge in [0.25, 0.3) is 0 Å². The number of Topliss-reactive ketones (excluding diaryl/α,β-unsaturated/α-hetero) is 1. The zero-order valence-corrected chi connectivity index (χ0v) is 20.6. The fraction of sp³-hybridized carbons (Fsp3) is 0.536. The molecule has 1 fully saturated rings. The first-order chi connectivity index (χ1) is 16.7. The van der Waals surface area contributed by atoms with Crippen LogP contribution in [0.3, 0.4) is 0 Å². The monoisotopic (exact) mass is 489 g/mol. The van der Waals surface area contributed by atoms with Gasteiger partial charge in [0.15, 0.2) is 0 Å². The van der Waals surface area contributed by atoms with Crippen molar-refractivity contribution in [1.29, 1.82) is 0 Å². The number of fused-ring (bicyclic) bond motifs is 3. The number of alkyl halides is 3. The molecule has 7 heteroatoms. The number of ketones is 1. The van der Waals surface area contributed by atoms with Crippen molar-refractivity contribution in [3.63, 3.8) is 0 Å². The summed E-state index contributed by atoms with van der Waals surface area (Å²) in [5.41, 5.74) is 2.32. The van der Waals surface area contributed by atoms with Gasteiger partial charge in [0.1, 0.15) is 23.0 Å². The number of carbonyl (C=O) groups excluding carboxylic acids is 1. The first kappa shape index (κ1) is 25.7. The predicted octanol–water partition coefficient (Wildman–Crippen LogP) is 7.46. The SMILES string of the molecule is CCCC(=O)C(CC(C)C)NC(c1ccc2c(c1)oc1ccc(C3CCOCC3)cc12)C(F)(F)F. The number of carbonyl (C=O) groups is 1. The smallest absolute Gasteiger partial charge is 0.407 e. The van der Waals surface area contributed by atoms with Crippen LogP contribution < -0.4 is 5.32 Å². The van der Waals surface area contributed by atoms with Crippen LogP contribution in [0.2, 0.25) is 0 Å². The second-order valence-electron chi connectivity index (χ2n) is 10.0. The Hall–Kier alpha value is -2.38. The van der Waals surface area contributed by atoms with Crippen LogP contribution in [0.5, 0.6) is 0 Å². The minimum absolute atomic E-state index is 0.0479. The van der Waals surface area contributed by atoms with Gasteiger partial charge in [0, 0.05) is 30.4 Å². The summed E-state index contributed by atoms with van der Waals surface area (Å²) in [5.74, 6) is 0.320. The average molecular weight is 490 g/mol. The molecule has 3 aromatic rings. The molecule has 0 spiro atoms. The van der Waals surface area contributed by atoms with Crippen molar-refractivity contribution in [2.24, 2.45) is 5.92 Å². The van der Waals surface area contributed by atoms with Gasteiger partial charge in [-0.1, -0.05) is 39.0 Å². The van der Waals surface area contributed by atoms with Crippen molar-refractivity contribution in [2.75, 3.05) is 13.2 Å². The van der Waals surface area contributed by atoms with Gasteiger partial charge in [-0.3, -0.25) is 10.1 Å². The first-order valence-electron chi connectivity index (χ1n) is 12.6. The number of hydrogen-bond donors (Lipinski definition) is 1. The zero-order valence-electron chi connectivity index (χ0n) is 20.6.